The zero-order chi connectivity index (χ0) is 12.3. The number of aliphatic hydroxyl groups excluding tert-OH is 1. The Balaban J connectivity index is 2.99. The smallest absolute Gasteiger partial charge is 0.358 e. The molecule has 0 spiro atoms. The largest absolute Gasteiger partial charge is 0.485 e. The van der Waals surface area contributed by atoms with Gasteiger partial charge in [-0.15, -0.1) is 0 Å². The van der Waals surface area contributed by atoms with Gasteiger partial charge in [-0.1, -0.05) is 0 Å². The summed E-state index contributed by atoms with van der Waals surface area (Å²) in [5.41, 5.74) is 0.474. The first kappa shape index (κ1) is 12.4. The number of aromatic carboxylic acids is 1. The van der Waals surface area contributed by atoms with Crippen LogP contribution in [0.3, 0.4) is 0 Å². The highest BCUT2D eigenvalue weighted by atomic mass is 16.5. The van der Waals surface area contributed by atoms with Crippen LogP contribution in [0.4, 0.5) is 0 Å². The molecular weight excluding hydrogens is 210 g/mol. The van der Waals surface area contributed by atoms with Crippen LogP contribution in [0.15, 0.2) is 12.1 Å². The fraction of sp³-hybridized carbons (Fsp3) is 0.455. The molecule has 2 unspecified atom stereocenters. The molecular formula is C11H15NO4. The van der Waals surface area contributed by atoms with Crippen LogP contribution < -0.4 is 4.74 Å². The fourth-order valence-electron chi connectivity index (χ4n) is 1.09. The summed E-state index contributed by atoms with van der Waals surface area (Å²) in [6, 6.07) is 3.21. The molecule has 5 nitrogen and oxygen atoms in total. The number of aryl methyl sites for hydroxylation is 1. The molecule has 0 aliphatic rings. The van der Waals surface area contributed by atoms with Crippen molar-refractivity contribution in [3.05, 3.63) is 23.5 Å². The molecule has 2 atom stereocenters. The first-order valence-electron chi connectivity index (χ1n) is 4.97. The lowest BCUT2D eigenvalue weighted by atomic mass is 10.2. The van der Waals surface area contributed by atoms with Crippen LogP contribution >= 0.6 is 0 Å². The third-order valence-corrected chi connectivity index (χ3v) is 2.19. The first-order valence-corrected chi connectivity index (χ1v) is 4.97. The number of aliphatic hydroxyl groups is 1. The molecule has 0 fully saturated rings. The Morgan fingerprint density at radius 1 is 1.44 bits per heavy atom. The van der Waals surface area contributed by atoms with E-state index in [2.05, 4.69) is 4.98 Å². The number of carbonyl (C=O) groups is 1. The van der Waals surface area contributed by atoms with Gasteiger partial charge in [-0.05, 0) is 32.9 Å². The van der Waals surface area contributed by atoms with Crippen LogP contribution in [0, 0.1) is 6.92 Å². The van der Waals surface area contributed by atoms with E-state index in [1.165, 1.54) is 0 Å². The van der Waals surface area contributed by atoms with Gasteiger partial charge in [0.2, 0.25) is 0 Å². The number of carboxylic acids is 1. The Labute approximate surface area is 93.7 Å². The molecule has 0 radical (unpaired) electrons. The zero-order valence-electron chi connectivity index (χ0n) is 9.47. The van der Waals surface area contributed by atoms with Crippen molar-refractivity contribution in [2.75, 3.05) is 0 Å². The van der Waals surface area contributed by atoms with Crippen LogP contribution in [0.2, 0.25) is 0 Å². The number of aromatic nitrogens is 1. The van der Waals surface area contributed by atoms with Crippen molar-refractivity contribution in [3.8, 4) is 5.75 Å². The maximum absolute atomic E-state index is 10.9. The Morgan fingerprint density at radius 2 is 2.06 bits per heavy atom. The summed E-state index contributed by atoms with van der Waals surface area (Å²) in [7, 11) is 0. The highest BCUT2D eigenvalue weighted by Gasteiger charge is 2.17. The second-order valence-corrected chi connectivity index (χ2v) is 3.67. The van der Waals surface area contributed by atoms with Crippen molar-refractivity contribution in [2.45, 2.75) is 33.0 Å². The zero-order valence-corrected chi connectivity index (χ0v) is 9.47. The van der Waals surface area contributed by atoms with Gasteiger partial charge in [0.1, 0.15) is 6.10 Å². The highest BCUT2D eigenvalue weighted by molar-refractivity contribution is 5.88. The van der Waals surface area contributed by atoms with E-state index in [0.717, 1.165) is 0 Å². The number of hydrogen-bond donors (Lipinski definition) is 2. The SMILES string of the molecule is Cc1ccc(OC(C)C(C)O)c(C(=O)O)n1. The number of pyridine rings is 1. The molecule has 1 rings (SSSR count). The number of hydrogen-bond acceptors (Lipinski definition) is 4. The van der Waals surface area contributed by atoms with Gasteiger partial charge < -0.3 is 14.9 Å². The van der Waals surface area contributed by atoms with Crippen molar-refractivity contribution in [1.82, 2.24) is 4.98 Å². The number of rotatable bonds is 4. The summed E-state index contributed by atoms with van der Waals surface area (Å²) in [4.78, 5) is 14.8. The fourth-order valence-corrected chi connectivity index (χ4v) is 1.09. The second-order valence-electron chi connectivity index (χ2n) is 3.67. The Morgan fingerprint density at radius 3 is 2.56 bits per heavy atom. The summed E-state index contributed by atoms with van der Waals surface area (Å²) in [5, 5.41) is 18.2. The molecule has 0 bridgehead atoms. The van der Waals surface area contributed by atoms with Gasteiger partial charge in [0.05, 0.1) is 6.10 Å². The number of carboxylic acid groups (broad SMARTS) is 1. The molecule has 16 heavy (non-hydrogen) atoms. The highest BCUT2D eigenvalue weighted by Crippen LogP contribution is 2.19. The lowest BCUT2D eigenvalue weighted by Crippen LogP contribution is -2.26. The third kappa shape index (κ3) is 2.93. The van der Waals surface area contributed by atoms with Gasteiger partial charge in [-0.25, -0.2) is 9.78 Å². The summed E-state index contributed by atoms with van der Waals surface area (Å²) < 4.78 is 5.33. The lowest BCUT2D eigenvalue weighted by molar-refractivity contribution is 0.0553. The molecule has 1 aromatic rings. The summed E-state index contributed by atoms with van der Waals surface area (Å²) in [6.07, 6.45) is -1.16. The van der Waals surface area contributed by atoms with Crippen molar-refractivity contribution in [2.24, 2.45) is 0 Å². The maximum atomic E-state index is 10.9. The van der Waals surface area contributed by atoms with E-state index in [-0.39, 0.29) is 11.4 Å². The van der Waals surface area contributed by atoms with Gasteiger partial charge in [0, 0.05) is 5.69 Å². The van der Waals surface area contributed by atoms with E-state index in [1.807, 2.05) is 0 Å². The molecule has 0 aliphatic heterocycles. The van der Waals surface area contributed by atoms with Gasteiger partial charge in [-0.2, -0.15) is 0 Å². The first-order chi connectivity index (χ1) is 7.41. The molecule has 0 aromatic carbocycles. The van der Waals surface area contributed by atoms with Gasteiger partial charge in [-0.3, -0.25) is 0 Å². The van der Waals surface area contributed by atoms with Crippen LogP contribution in [0.1, 0.15) is 30.0 Å². The number of nitrogens with zero attached hydrogens (tertiary/aromatic N) is 1. The molecule has 2 N–H and O–H groups in total. The Bertz CT molecular complexity index is 390. The molecule has 0 saturated carbocycles. The average molecular weight is 225 g/mol. The van der Waals surface area contributed by atoms with Gasteiger partial charge >= 0.3 is 5.97 Å². The second kappa shape index (κ2) is 4.94. The lowest BCUT2D eigenvalue weighted by Gasteiger charge is -2.18. The Kier molecular flexibility index (Phi) is 3.84. The van der Waals surface area contributed by atoms with Gasteiger partial charge in [0.15, 0.2) is 11.4 Å². The summed E-state index contributed by atoms with van der Waals surface area (Å²) in [5.74, 6) is -0.969. The topological polar surface area (TPSA) is 79.7 Å². The summed E-state index contributed by atoms with van der Waals surface area (Å²) in [6.45, 7) is 4.94. The van der Waals surface area contributed by atoms with Crippen molar-refractivity contribution >= 4 is 5.97 Å². The van der Waals surface area contributed by atoms with Crippen LogP contribution in [-0.4, -0.2) is 33.4 Å². The summed E-state index contributed by atoms with van der Waals surface area (Å²) >= 11 is 0. The van der Waals surface area contributed by atoms with Crippen LogP contribution in [-0.2, 0) is 0 Å². The molecule has 88 valence electrons. The minimum absolute atomic E-state index is 0.132. The molecule has 1 heterocycles. The predicted octanol–water partition coefficient (Wildman–Crippen LogP) is 1.24. The van der Waals surface area contributed by atoms with E-state index < -0.39 is 18.2 Å². The van der Waals surface area contributed by atoms with Crippen molar-refractivity contribution < 1.29 is 19.7 Å². The number of ether oxygens (including phenoxy) is 1. The normalized spacial score (nSPS) is 14.2. The van der Waals surface area contributed by atoms with Crippen molar-refractivity contribution in [3.63, 3.8) is 0 Å². The minimum Gasteiger partial charge on any atom is -0.485 e. The molecule has 0 aliphatic carbocycles. The van der Waals surface area contributed by atoms with Crippen LogP contribution in [0.5, 0.6) is 5.75 Å². The van der Waals surface area contributed by atoms with E-state index in [4.69, 9.17) is 9.84 Å². The molecule has 5 heteroatoms. The van der Waals surface area contributed by atoms with E-state index in [1.54, 1.807) is 32.9 Å². The monoisotopic (exact) mass is 225 g/mol. The molecule has 0 amide bonds. The molecule has 0 saturated heterocycles. The average Bonchev–Trinajstić information content (AvgIpc) is 2.20. The Hall–Kier alpha value is -1.62. The quantitative estimate of drug-likeness (QED) is 0.805. The maximum Gasteiger partial charge on any atom is 0.358 e. The van der Waals surface area contributed by atoms with E-state index >= 15 is 0 Å². The predicted molar refractivity (Wildman–Crippen MR) is 57.7 cm³/mol. The van der Waals surface area contributed by atoms with Crippen molar-refractivity contribution in [1.29, 1.82) is 0 Å². The van der Waals surface area contributed by atoms with Crippen LogP contribution in [0.25, 0.3) is 0 Å². The van der Waals surface area contributed by atoms with Gasteiger partial charge in [0.25, 0.3) is 0 Å². The standard InChI is InChI=1S/C11H15NO4/c1-6-4-5-9(10(12-6)11(14)15)16-8(3)7(2)13/h4-5,7-8,13H,1-3H3,(H,14,15). The van der Waals surface area contributed by atoms with E-state index in [9.17, 15) is 9.90 Å². The van der Waals surface area contributed by atoms with E-state index in [0.29, 0.717) is 5.69 Å². The minimum atomic E-state index is -1.14. The molecule has 1 aromatic heterocycles. The third-order valence-electron chi connectivity index (χ3n) is 2.19.